The molecule has 1 amide bonds. The lowest BCUT2D eigenvalue weighted by Gasteiger charge is -2.26. The van der Waals surface area contributed by atoms with Gasteiger partial charge in [-0.3, -0.25) is 4.79 Å². The molecule has 2 aliphatic heterocycles. The molecule has 2 aromatic rings. The fourth-order valence-corrected chi connectivity index (χ4v) is 3.73. The summed E-state index contributed by atoms with van der Waals surface area (Å²) < 4.78 is 83.0. The third kappa shape index (κ3) is 6.35. The van der Waals surface area contributed by atoms with Gasteiger partial charge in [-0.1, -0.05) is 6.07 Å². The predicted molar refractivity (Wildman–Crippen MR) is 106 cm³/mol. The molecule has 1 N–H and O–H groups in total. The van der Waals surface area contributed by atoms with Crippen molar-refractivity contribution in [2.24, 2.45) is 0 Å². The first kappa shape index (κ1) is 24.2. The zero-order valence-electron chi connectivity index (χ0n) is 17.8. The number of rotatable bonds is 8. The van der Waals surface area contributed by atoms with Crippen LogP contribution in [0.4, 0.5) is 22.0 Å². The van der Waals surface area contributed by atoms with Gasteiger partial charge in [0, 0.05) is 19.0 Å². The average molecular weight is 491 g/mol. The van der Waals surface area contributed by atoms with Crippen molar-refractivity contribution >= 4 is 5.91 Å². The van der Waals surface area contributed by atoms with Gasteiger partial charge < -0.3 is 24.3 Å². The number of hydrogen-bond donors (Lipinski definition) is 1. The lowest BCUT2D eigenvalue weighted by atomic mass is 10.0. The van der Waals surface area contributed by atoms with Crippen molar-refractivity contribution in [3.05, 3.63) is 41.1 Å². The number of alkyl halides is 5. The lowest BCUT2D eigenvalue weighted by molar-refractivity contribution is -0.176. The van der Waals surface area contributed by atoms with Crippen LogP contribution in [0.5, 0.6) is 11.6 Å². The summed E-state index contributed by atoms with van der Waals surface area (Å²) in [5.41, 5.74) is 1.40. The van der Waals surface area contributed by atoms with Crippen molar-refractivity contribution < 1.29 is 45.7 Å². The van der Waals surface area contributed by atoms with E-state index in [-0.39, 0.29) is 31.4 Å². The van der Waals surface area contributed by atoms with Gasteiger partial charge in [0.05, 0.1) is 19.3 Å². The molecule has 2 unspecified atom stereocenters. The number of aryl methyl sites for hydroxylation is 1. The van der Waals surface area contributed by atoms with E-state index in [1.807, 2.05) is 0 Å². The second kappa shape index (κ2) is 10.1. The number of halogens is 5. The Kier molecular flexibility index (Phi) is 7.22. The standard InChI is InChI=1S/C21H22F5N3O5/c22-20(23)33-10-15-3-4-29-18(34-15)7-16(28-29)19(30)27-14-6-13-5-12(1-2-17(13)32-9-14)8-31-11-21(24,25)26/h1-2,5,7,14-15,20H,3-4,6,8-11H2,(H,27,30). The van der Waals surface area contributed by atoms with E-state index in [1.165, 1.54) is 10.7 Å². The van der Waals surface area contributed by atoms with E-state index in [4.69, 9.17) is 14.2 Å². The van der Waals surface area contributed by atoms with Crippen LogP contribution >= 0.6 is 0 Å². The summed E-state index contributed by atoms with van der Waals surface area (Å²) in [4.78, 5) is 12.7. The highest BCUT2D eigenvalue weighted by Crippen LogP contribution is 2.27. The SMILES string of the molecule is O=C(NC1COc2ccc(COCC(F)(F)F)cc2C1)c1cc2n(n1)CCC(COC(F)F)O2. The van der Waals surface area contributed by atoms with Gasteiger partial charge in [0.25, 0.3) is 5.91 Å². The van der Waals surface area contributed by atoms with Crippen LogP contribution in [0.15, 0.2) is 24.3 Å². The average Bonchev–Trinajstić information content (AvgIpc) is 3.20. The Balaban J connectivity index is 1.32. The Labute approximate surface area is 190 Å². The predicted octanol–water partition coefficient (Wildman–Crippen LogP) is 3.09. The van der Waals surface area contributed by atoms with Gasteiger partial charge in [-0.05, 0) is 29.7 Å². The van der Waals surface area contributed by atoms with Gasteiger partial charge in [0.15, 0.2) is 5.69 Å². The number of hydrogen-bond acceptors (Lipinski definition) is 6. The molecular weight excluding hydrogens is 469 g/mol. The summed E-state index contributed by atoms with van der Waals surface area (Å²) >= 11 is 0. The van der Waals surface area contributed by atoms with Crippen molar-refractivity contribution in [3.8, 4) is 11.6 Å². The number of carbonyl (C=O) groups is 1. The summed E-state index contributed by atoms with van der Waals surface area (Å²) in [5, 5.41) is 7.02. The smallest absolute Gasteiger partial charge is 0.411 e. The maximum absolute atomic E-state index is 12.7. The Bertz CT molecular complexity index is 1010. The first-order valence-electron chi connectivity index (χ1n) is 10.5. The summed E-state index contributed by atoms with van der Waals surface area (Å²) in [5.74, 6) is 0.411. The van der Waals surface area contributed by atoms with Crippen LogP contribution in [-0.2, 0) is 29.0 Å². The minimum Gasteiger partial charge on any atom is -0.491 e. The van der Waals surface area contributed by atoms with E-state index < -0.39 is 37.4 Å². The highest BCUT2D eigenvalue weighted by molar-refractivity contribution is 5.92. The number of nitrogens with one attached hydrogen (secondary N) is 1. The molecule has 0 bridgehead atoms. The minimum absolute atomic E-state index is 0.102. The Morgan fingerprint density at radius 3 is 2.88 bits per heavy atom. The molecule has 186 valence electrons. The highest BCUT2D eigenvalue weighted by atomic mass is 19.4. The molecule has 1 aromatic carbocycles. The Morgan fingerprint density at radius 2 is 2.12 bits per heavy atom. The van der Waals surface area contributed by atoms with Gasteiger partial charge in [-0.25, -0.2) is 4.68 Å². The zero-order chi connectivity index (χ0) is 24.3. The molecule has 0 spiro atoms. The number of amides is 1. The molecule has 34 heavy (non-hydrogen) atoms. The number of aromatic nitrogens is 2. The molecule has 0 radical (unpaired) electrons. The number of benzene rings is 1. The van der Waals surface area contributed by atoms with Crippen LogP contribution in [0.3, 0.4) is 0 Å². The monoisotopic (exact) mass is 491 g/mol. The molecule has 13 heteroatoms. The molecule has 2 atom stereocenters. The van der Waals surface area contributed by atoms with E-state index in [9.17, 15) is 26.7 Å². The van der Waals surface area contributed by atoms with Crippen LogP contribution in [0, 0.1) is 0 Å². The lowest BCUT2D eigenvalue weighted by Crippen LogP contribution is -2.43. The maximum atomic E-state index is 12.7. The molecule has 0 aliphatic carbocycles. The van der Waals surface area contributed by atoms with Crippen LogP contribution in [0.2, 0.25) is 0 Å². The van der Waals surface area contributed by atoms with Gasteiger partial charge in [0.1, 0.15) is 25.1 Å². The molecule has 2 aliphatic rings. The number of fused-ring (bicyclic) bond motifs is 2. The quantitative estimate of drug-likeness (QED) is 0.572. The third-order valence-electron chi connectivity index (χ3n) is 5.23. The van der Waals surface area contributed by atoms with Crippen LogP contribution in [-0.4, -0.2) is 60.4 Å². The minimum atomic E-state index is -4.40. The fraction of sp³-hybridized carbons (Fsp3) is 0.524. The van der Waals surface area contributed by atoms with E-state index in [2.05, 4.69) is 15.2 Å². The van der Waals surface area contributed by atoms with Gasteiger partial charge in [-0.15, -0.1) is 0 Å². The van der Waals surface area contributed by atoms with E-state index in [0.717, 1.165) is 5.56 Å². The van der Waals surface area contributed by atoms with Crippen molar-refractivity contribution in [3.63, 3.8) is 0 Å². The van der Waals surface area contributed by atoms with Crippen molar-refractivity contribution in [2.75, 3.05) is 19.8 Å². The second-order valence-electron chi connectivity index (χ2n) is 7.95. The van der Waals surface area contributed by atoms with Crippen molar-refractivity contribution in [1.29, 1.82) is 0 Å². The summed E-state index contributed by atoms with van der Waals surface area (Å²) in [6.07, 6.45) is -4.15. The number of carbonyl (C=O) groups excluding carboxylic acids is 1. The Morgan fingerprint density at radius 1 is 1.29 bits per heavy atom. The van der Waals surface area contributed by atoms with Crippen LogP contribution < -0.4 is 14.8 Å². The first-order chi connectivity index (χ1) is 16.2. The highest BCUT2D eigenvalue weighted by Gasteiger charge is 2.29. The fourth-order valence-electron chi connectivity index (χ4n) is 3.73. The molecule has 0 fully saturated rings. The summed E-state index contributed by atoms with van der Waals surface area (Å²) in [7, 11) is 0. The van der Waals surface area contributed by atoms with E-state index in [0.29, 0.717) is 30.7 Å². The maximum Gasteiger partial charge on any atom is 0.411 e. The van der Waals surface area contributed by atoms with Crippen LogP contribution in [0.1, 0.15) is 28.0 Å². The Hall–Kier alpha value is -2.93. The normalized spacial score (nSPS) is 19.7. The molecule has 1 aromatic heterocycles. The molecule has 0 saturated heterocycles. The topological polar surface area (TPSA) is 83.8 Å². The molecule has 0 saturated carbocycles. The molecule has 4 rings (SSSR count). The summed E-state index contributed by atoms with van der Waals surface area (Å²) in [6.45, 7) is -4.10. The first-order valence-corrected chi connectivity index (χ1v) is 10.5. The number of ether oxygens (including phenoxy) is 4. The van der Waals surface area contributed by atoms with Gasteiger partial charge in [-0.2, -0.15) is 27.1 Å². The largest absolute Gasteiger partial charge is 0.491 e. The summed E-state index contributed by atoms with van der Waals surface area (Å²) in [6, 6.07) is 6.02. The van der Waals surface area contributed by atoms with Crippen molar-refractivity contribution in [2.45, 2.75) is 50.9 Å². The molecular formula is C21H22F5N3O5. The molecule has 3 heterocycles. The second-order valence-corrected chi connectivity index (χ2v) is 7.95. The van der Waals surface area contributed by atoms with E-state index in [1.54, 1.807) is 18.2 Å². The number of nitrogens with zero attached hydrogens (tertiary/aromatic N) is 2. The zero-order valence-corrected chi connectivity index (χ0v) is 17.8. The van der Waals surface area contributed by atoms with Crippen LogP contribution in [0.25, 0.3) is 0 Å². The van der Waals surface area contributed by atoms with E-state index >= 15 is 0 Å². The van der Waals surface area contributed by atoms with Gasteiger partial charge >= 0.3 is 12.8 Å². The molecule has 8 nitrogen and oxygen atoms in total. The van der Waals surface area contributed by atoms with Crippen molar-refractivity contribution in [1.82, 2.24) is 15.1 Å². The van der Waals surface area contributed by atoms with Gasteiger partial charge in [0.2, 0.25) is 5.88 Å². The third-order valence-corrected chi connectivity index (χ3v) is 5.23.